The van der Waals surface area contributed by atoms with E-state index in [1.165, 1.54) is 7.11 Å². The van der Waals surface area contributed by atoms with Crippen molar-refractivity contribution in [3.63, 3.8) is 0 Å². The standard InChI is InChI=1S/C7H14N2O2/c1-9-4-3-6(5-9)8-7(10)11-2/h6H,3-5H2,1-2H3,(H,8,10). The number of carbonyl (C=O) groups is 1. The van der Waals surface area contributed by atoms with Crippen molar-refractivity contribution in [3.05, 3.63) is 0 Å². The van der Waals surface area contributed by atoms with Crippen LogP contribution in [0.5, 0.6) is 0 Å². The molecular formula is C7H14N2O2. The normalized spacial score (nSPS) is 25.1. The molecule has 1 fully saturated rings. The Labute approximate surface area is 66.5 Å². The summed E-state index contributed by atoms with van der Waals surface area (Å²) in [5.41, 5.74) is 0. The highest BCUT2D eigenvalue weighted by molar-refractivity contribution is 5.67. The maximum Gasteiger partial charge on any atom is 0.407 e. The van der Waals surface area contributed by atoms with Crippen molar-refractivity contribution in [2.24, 2.45) is 0 Å². The van der Waals surface area contributed by atoms with Crippen molar-refractivity contribution in [3.8, 4) is 0 Å². The van der Waals surface area contributed by atoms with E-state index in [2.05, 4.69) is 15.0 Å². The maximum atomic E-state index is 10.7. The number of likely N-dealkylation sites (tertiary alicyclic amines) is 1. The Morgan fingerprint density at radius 3 is 2.91 bits per heavy atom. The third kappa shape index (κ3) is 2.38. The molecule has 4 heteroatoms. The van der Waals surface area contributed by atoms with Gasteiger partial charge in [0.25, 0.3) is 0 Å². The molecule has 0 radical (unpaired) electrons. The second-order valence-electron chi connectivity index (χ2n) is 2.88. The fourth-order valence-electron chi connectivity index (χ4n) is 1.28. The van der Waals surface area contributed by atoms with Gasteiger partial charge in [-0.05, 0) is 20.0 Å². The van der Waals surface area contributed by atoms with Crippen LogP contribution < -0.4 is 5.32 Å². The van der Waals surface area contributed by atoms with E-state index in [4.69, 9.17) is 0 Å². The van der Waals surface area contributed by atoms with Crippen LogP contribution in [0.1, 0.15) is 6.42 Å². The number of ether oxygens (including phenoxy) is 1. The van der Waals surface area contributed by atoms with Crippen molar-refractivity contribution < 1.29 is 9.53 Å². The molecule has 1 saturated heterocycles. The number of nitrogens with one attached hydrogen (secondary N) is 1. The predicted molar refractivity (Wildman–Crippen MR) is 41.4 cm³/mol. The van der Waals surface area contributed by atoms with Gasteiger partial charge in [0.15, 0.2) is 0 Å². The third-order valence-corrected chi connectivity index (χ3v) is 1.90. The van der Waals surface area contributed by atoms with Crippen LogP contribution in [0.3, 0.4) is 0 Å². The van der Waals surface area contributed by atoms with Crippen molar-refractivity contribution in [2.75, 3.05) is 27.2 Å². The predicted octanol–water partition coefficient (Wildman–Crippen LogP) is 0.0465. The van der Waals surface area contributed by atoms with Gasteiger partial charge in [-0.3, -0.25) is 0 Å². The van der Waals surface area contributed by atoms with E-state index in [-0.39, 0.29) is 12.1 Å². The highest BCUT2D eigenvalue weighted by Gasteiger charge is 2.20. The molecule has 11 heavy (non-hydrogen) atoms. The Morgan fingerprint density at radius 1 is 1.73 bits per heavy atom. The van der Waals surface area contributed by atoms with Crippen LogP contribution in [0.4, 0.5) is 4.79 Å². The molecule has 0 aromatic carbocycles. The average molecular weight is 158 g/mol. The van der Waals surface area contributed by atoms with E-state index in [1.54, 1.807) is 0 Å². The number of likely N-dealkylation sites (N-methyl/N-ethyl adjacent to an activating group) is 1. The zero-order valence-corrected chi connectivity index (χ0v) is 6.96. The Balaban J connectivity index is 2.23. The molecule has 0 aliphatic carbocycles. The van der Waals surface area contributed by atoms with Gasteiger partial charge in [-0.2, -0.15) is 0 Å². The number of alkyl carbamates (subject to hydrolysis) is 1. The Kier molecular flexibility index (Phi) is 2.70. The van der Waals surface area contributed by atoms with E-state index >= 15 is 0 Å². The molecule has 1 heterocycles. The molecule has 1 N–H and O–H groups in total. The van der Waals surface area contributed by atoms with Crippen molar-refractivity contribution in [2.45, 2.75) is 12.5 Å². The van der Waals surface area contributed by atoms with Gasteiger partial charge in [0, 0.05) is 12.6 Å². The summed E-state index contributed by atoms with van der Waals surface area (Å²) in [6, 6.07) is 0.271. The molecule has 1 rings (SSSR count). The summed E-state index contributed by atoms with van der Waals surface area (Å²) in [6.07, 6.45) is 0.691. The summed E-state index contributed by atoms with van der Waals surface area (Å²) in [7, 11) is 3.42. The minimum absolute atomic E-state index is 0.271. The molecule has 1 aliphatic heterocycles. The van der Waals surface area contributed by atoms with Gasteiger partial charge in [0.1, 0.15) is 0 Å². The Hall–Kier alpha value is -0.770. The molecule has 64 valence electrons. The van der Waals surface area contributed by atoms with Crippen LogP contribution in [0.2, 0.25) is 0 Å². The third-order valence-electron chi connectivity index (χ3n) is 1.90. The number of nitrogens with zero attached hydrogens (tertiary/aromatic N) is 1. The van der Waals surface area contributed by atoms with E-state index in [9.17, 15) is 4.79 Å². The molecule has 0 bridgehead atoms. The number of hydrogen-bond donors (Lipinski definition) is 1. The van der Waals surface area contributed by atoms with Crippen molar-refractivity contribution in [1.29, 1.82) is 0 Å². The Morgan fingerprint density at radius 2 is 2.45 bits per heavy atom. The zero-order valence-electron chi connectivity index (χ0n) is 6.96. The quantitative estimate of drug-likeness (QED) is 0.586. The lowest BCUT2D eigenvalue weighted by molar-refractivity contribution is 0.167. The lowest BCUT2D eigenvalue weighted by Crippen LogP contribution is -2.36. The number of amides is 1. The molecule has 1 atom stereocenters. The number of carbonyl (C=O) groups excluding carboxylic acids is 1. The second kappa shape index (κ2) is 3.57. The first-order valence-electron chi connectivity index (χ1n) is 3.75. The van der Waals surface area contributed by atoms with Crippen molar-refractivity contribution in [1.82, 2.24) is 10.2 Å². The van der Waals surface area contributed by atoms with Gasteiger partial charge in [-0.1, -0.05) is 0 Å². The van der Waals surface area contributed by atoms with Gasteiger partial charge in [0.2, 0.25) is 0 Å². The van der Waals surface area contributed by atoms with Crippen LogP contribution in [-0.4, -0.2) is 44.3 Å². The SMILES string of the molecule is COC(=O)NC1CCN(C)C1. The largest absolute Gasteiger partial charge is 0.453 e. The molecule has 1 aliphatic rings. The summed E-state index contributed by atoms with van der Waals surface area (Å²) in [5, 5.41) is 2.76. The number of hydrogen-bond acceptors (Lipinski definition) is 3. The van der Waals surface area contributed by atoms with E-state index in [0.717, 1.165) is 19.5 Å². The van der Waals surface area contributed by atoms with E-state index in [1.807, 2.05) is 7.05 Å². The van der Waals surface area contributed by atoms with Crippen LogP contribution in [0, 0.1) is 0 Å². The summed E-state index contributed by atoms with van der Waals surface area (Å²) < 4.78 is 4.48. The molecular weight excluding hydrogens is 144 g/mol. The molecule has 0 spiro atoms. The smallest absolute Gasteiger partial charge is 0.407 e. The molecule has 1 unspecified atom stereocenters. The fourth-order valence-corrected chi connectivity index (χ4v) is 1.28. The summed E-state index contributed by atoms with van der Waals surface area (Å²) in [4.78, 5) is 12.9. The minimum Gasteiger partial charge on any atom is -0.453 e. The van der Waals surface area contributed by atoms with Gasteiger partial charge in [-0.25, -0.2) is 4.79 Å². The highest BCUT2D eigenvalue weighted by atomic mass is 16.5. The monoisotopic (exact) mass is 158 g/mol. The van der Waals surface area contributed by atoms with Crippen LogP contribution >= 0.6 is 0 Å². The van der Waals surface area contributed by atoms with Crippen LogP contribution in [0.15, 0.2) is 0 Å². The van der Waals surface area contributed by atoms with Gasteiger partial charge in [-0.15, -0.1) is 0 Å². The average Bonchev–Trinajstić information content (AvgIpc) is 2.35. The summed E-state index contributed by atoms with van der Waals surface area (Å²) in [6.45, 7) is 1.98. The first kappa shape index (κ1) is 8.33. The van der Waals surface area contributed by atoms with E-state index < -0.39 is 0 Å². The second-order valence-corrected chi connectivity index (χ2v) is 2.88. The molecule has 0 saturated carbocycles. The summed E-state index contributed by atoms with van der Waals surface area (Å²) >= 11 is 0. The molecule has 1 amide bonds. The number of rotatable bonds is 1. The van der Waals surface area contributed by atoms with Crippen molar-refractivity contribution >= 4 is 6.09 Å². The maximum absolute atomic E-state index is 10.7. The zero-order chi connectivity index (χ0) is 8.27. The Bertz CT molecular complexity index is 149. The first-order valence-corrected chi connectivity index (χ1v) is 3.75. The summed E-state index contributed by atoms with van der Waals surface area (Å²) in [5.74, 6) is 0. The van der Waals surface area contributed by atoms with E-state index in [0.29, 0.717) is 0 Å². The lowest BCUT2D eigenvalue weighted by atomic mass is 10.3. The molecule has 0 aromatic heterocycles. The first-order chi connectivity index (χ1) is 5.22. The van der Waals surface area contributed by atoms with Gasteiger partial charge >= 0.3 is 6.09 Å². The topological polar surface area (TPSA) is 41.6 Å². The van der Waals surface area contributed by atoms with Crippen LogP contribution in [0.25, 0.3) is 0 Å². The molecule has 4 nitrogen and oxygen atoms in total. The number of methoxy groups -OCH3 is 1. The molecule has 0 aromatic rings. The lowest BCUT2D eigenvalue weighted by Gasteiger charge is -2.10. The van der Waals surface area contributed by atoms with Crippen LogP contribution in [-0.2, 0) is 4.74 Å². The van der Waals surface area contributed by atoms with Gasteiger partial charge < -0.3 is 15.0 Å². The fraction of sp³-hybridized carbons (Fsp3) is 0.857. The minimum atomic E-state index is -0.328. The highest BCUT2D eigenvalue weighted by Crippen LogP contribution is 2.05. The van der Waals surface area contributed by atoms with Gasteiger partial charge in [0.05, 0.1) is 7.11 Å².